The zero-order valence-electron chi connectivity index (χ0n) is 11.5. The number of rotatable bonds is 6. The molecule has 2 rings (SSSR count). The summed E-state index contributed by atoms with van der Waals surface area (Å²) in [4.78, 5) is 15.4. The number of ether oxygens (including phenoxy) is 2. The molecule has 0 spiro atoms. The van der Waals surface area contributed by atoms with E-state index >= 15 is 0 Å². The molecule has 0 aliphatic carbocycles. The van der Waals surface area contributed by atoms with Crippen molar-refractivity contribution >= 4 is 21.8 Å². The molecule has 0 radical (unpaired) electrons. The molecule has 1 aromatic carbocycles. The van der Waals surface area contributed by atoms with Gasteiger partial charge in [-0.2, -0.15) is 0 Å². The van der Waals surface area contributed by atoms with E-state index in [1.165, 1.54) is 13.3 Å². The summed E-state index contributed by atoms with van der Waals surface area (Å²) in [5.74, 6) is -0.151. The van der Waals surface area contributed by atoms with Crippen molar-refractivity contribution in [1.29, 1.82) is 0 Å². The first kappa shape index (κ1) is 15.5. The molecule has 21 heavy (non-hydrogen) atoms. The summed E-state index contributed by atoms with van der Waals surface area (Å²) in [5, 5.41) is -0.435. The second-order valence-corrected chi connectivity index (χ2v) is 5.14. The molecule has 5 nitrogen and oxygen atoms in total. The van der Waals surface area contributed by atoms with Gasteiger partial charge in [0.1, 0.15) is 11.6 Å². The third-order valence-corrected chi connectivity index (χ3v) is 3.70. The van der Waals surface area contributed by atoms with Crippen LogP contribution >= 0.6 is 15.9 Å². The number of nitrogens with zero attached hydrogens (tertiary/aromatic N) is 1. The van der Waals surface area contributed by atoms with Crippen LogP contribution in [0.4, 0.5) is 0 Å². The number of aromatic nitrogens is 1. The van der Waals surface area contributed by atoms with E-state index in [2.05, 4.69) is 20.9 Å². The number of carbonyl (C=O) groups excluding carboxylic acids is 1. The van der Waals surface area contributed by atoms with Crippen LogP contribution in [0.5, 0.6) is 5.88 Å². The number of amides is 1. The number of carbonyl (C=O) groups is 1. The van der Waals surface area contributed by atoms with Crippen LogP contribution in [-0.2, 0) is 11.3 Å². The normalized spacial score (nSPS) is 11.9. The SMILES string of the molecule is COC(Br)c1cc(C(N)=O)cnc1OCc1ccccc1. The van der Waals surface area contributed by atoms with Crippen molar-refractivity contribution in [2.45, 2.75) is 11.6 Å². The Morgan fingerprint density at radius 3 is 2.71 bits per heavy atom. The molecule has 0 aliphatic rings. The van der Waals surface area contributed by atoms with Crippen molar-refractivity contribution in [2.24, 2.45) is 5.73 Å². The van der Waals surface area contributed by atoms with Gasteiger partial charge in [0.15, 0.2) is 0 Å². The minimum absolute atomic E-state index is 0.304. The fraction of sp³-hybridized carbons (Fsp3) is 0.200. The van der Waals surface area contributed by atoms with E-state index in [9.17, 15) is 4.79 Å². The Balaban J connectivity index is 2.23. The van der Waals surface area contributed by atoms with E-state index in [1.807, 2.05) is 30.3 Å². The first-order valence-corrected chi connectivity index (χ1v) is 7.16. The van der Waals surface area contributed by atoms with Gasteiger partial charge in [-0.25, -0.2) is 4.98 Å². The lowest BCUT2D eigenvalue weighted by atomic mass is 10.2. The quantitative estimate of drug-likeness (QED) is 0.812. The Morgan fingerprint density at radius 1 is 1.38 bits per heavy atom. The molecular formula is C15H15BrN2O3. The zero-order chi connectivity index (χ0) is 15.2. The highest BCUT2D eigenvalue weighted by atomic mass is 79.9. The molecule has 6 heteroatoms. The van der Waals surface area contributed by atoms with Gasteiger partial charge in [0.2, 0.25) is 11.8 Å². The lowest BCUT2D eigenvalue weighted by Gasteiger charge is -2.14. The van der Waals surface area contributed by atoms with Crippen LogP contribution in [0.25, 0.3) is 0 Å². The van der Waals surface area contributed by atoms with Crippen LogP contribution in [0.3, 0.4) is 0 Å². The molecule has 1 atom stereocenters. The summed E-state index contributed by atoms with van der Waals surface area (Å²) in [7, 11) is 1.54. The highest BCUT2D eigenvalue weighted by Crippen LogP contribution is 2.31. The van der Waals surface area contributed by atoms with Crippen molar-refractivity contribution in [3.63, 3.8) is 0 Å². The number of hydrogen-bond donors (Lipinski definition) is 1. The monoisotopic (exact) mass is 350 g/mol. The molecule has 2 N–H and O–H groups in total. The molecule has 0 fully saturated rings. The summed E-state index contributed by atoms with van der Waals surface area (Å²) < 4.78 is 10.9. The van der Waals surface area contributed by atoms with Crippen molar-refractivity contribution < 1.29 is 14.3 Å². The Labute approximate surface area is 131 Å². The van der Waals surface area contributed by atoms with Crippen molar-refractivity contribution in [2.75, 3.05) is 7.11 Å². The lowest BCUT2D eigenvalue weighted by molar-refractivity contribution is 0.0999. The molecule has 1 aromatic heterocycles. The van der Waals surface area contributed by atoms with E-state index in [1.54, 1.807) is 6.07 Å². The van der Waals surface area contributed by atoms with E-state index in [0.717, 1.165) is 5.56 Å². The van der Waals surface area contributed by atoms with Crippen molar-refractivity contribution in [1.82, 2.24) is 4.98 Å². The number of halogens is 1. The molecule has 1 unspecified atom stereocenters. The van der Waals surface area contributed by atoms with Gasteiger partial charge in [-0.05, 0) is 11.6 Å². The Bertz CT molecular complexity index is 620. The van der Waals surface area contributed by atoms with Crippen LogP contribution in [0, 0.1) is 0 Å². The number of pyridine rings is 1. The summed E-state index contributed by atoms with van der Waals surface area (Å²) >= 11 is 3.35. The molecule has 0 saturated carbocycles. The number of hydrogen-bond acceptors (Lipinski definition) is 4. The second kappa shape index (κ2) is 7.19. The maximum atomic E-state index is 11.2. The smallest absolute Gasteiger partial charge is 0.250 e. The third-order valence-electron chi connectivity index (χ3n) is 2.83. The predicted molar refractivity (Wildman–Crippen MR) is 82.2 cm³/mol. The molecule has 0 bridgehead atoms. The predicted octanol–water partition coefficient (Wildman–Crippen LogP) is 2.80. The number of methoxy groups -OCH3 is 1. The van der Waals surface area contributed by atoms with Gasteiger partial charge in [0, 0.05) is 13.3 Å². The molecular weight excluding hydrogens is 336 g/mol. The van der Waals surface area contributed by atoms with Crippen LogP contribution in [0.15, 0.2) is 42.6 Å². The fourth-order valence-electron chi connectivity index (χ4n) is 1.74. The number of primary amides is 1. The van der Waals surface area contributed by atoms with E-state index < -0.39 is 10.9 Å². The first-order chi connectivity index (χ1) is 10.1. The maximum Gasteiger partial charge on any atom is 0.250 e. The highest BCUT2D eigenvalue weighted by molar-refractivity contribution is 9.09. The molecule has 0 aliphatic heterocycles. The average molecular weight is 351 g/mol. The first-order valence-electron chi connectivity index (χ1n) is 6.25. The van der Waals surface area contributed by atoms with E-state index in [4.69, 9.17) is 15.2 Å². The highest BCUT2D eigenvalue weighted by Gasteiger charge is 2.17. The maximum absolute atomic E-state index is 11.2. The average Bonchev–Trinajstić information content (AvgIpc) is 2.52. The van der Waals surface area contributed by atoms with Gasteiger partial charge in [-0.1, -0.05) is 46.3 Å². The minimum Gasteiger partial charge on any atom is -0.473 e. The van der Waals surface area contributed by atoms with Gasteiger partial charge in [0.25, 0.3) is 0 Å². The standard InChI is InChI=1S/C15H15BrN2O3/c1-20-13(16)12-7-11(14(17)19)8-18-15(12)21-9-10-5-3-2-4-6-10/h2-8,13H,9H2,1H3,(H2,17,19). The molecule has 1 amide bonds. The second-order valence-electron chi connectivity index (χ2n) is 4.31. The van der Waals surface area contributed by atoms with E-state index in [0.29, 0.717) is 23.6 Å². The number of alkyl halides is 1. The Hall–Kier alpha value is -1.92. The fourth-order valence-corrected chi connectivity index (χ4v) is 2.07. The molecule has 110 valence electrons. The summed E-state index contributed by atoms with van der Waals surface area (Å²) in [5.41, 5.74) is 7.20. The Morgan fingerprint density at radius 2 is 2.10 bits per heavy atom. The lowest BCUT2D eigenvalue weighted by Crippen LogP contribution is -2.13. The number of benzene rings is 1. The van der Waals surface area contributed by atoms with Crippen LogP contribution in [-0.4, -0.2) is 18.0 Å². The van der Waals surface area contributed by atoms with Gasteiger partial charge in [-0.15, -0.1) is 0 Å². The van der Waals surface area contributed by atoms with Gasteiger partial charge in [-0.3, -0.25) is 4.79 Å². The van der Waals surface area contributed by atoms with Crippen LogP contribution in [0.1, 0.15) is 26.5 Å². The molecule has 2 aromatic rings. The van der Waals surface area contributed by atoms with Crippen LogP contribution in [0.2, 0.25) is 0 Å². The largest absolute Gasteiger partial charge is 0.473 e. The molecule has 0 saturated heterocycles. The third kappa shape index (κ3) is 4.03. The summed E-state index contributed by atoms with van der Waals surface area (Å²) in [6.07, 6.45) is 1.39. The minimum atomic E-state index is -0.547. The Kier molecular flexibility index (Phi) is 5.30. The zero-order valence-corrected chi connectivity index (χ0v) is 13.0. The topological polar surface area (TPSA) is 74.4 Å². The van der Waals surface area contributed by atoms with Crippen molar-refractivity contribution in [3.8, 4) is 5.88 Å². The van der Waals surface area contributed by atoms with Crippen LogP contribution < -0.4 is 10.5 Å². The van der Waals surface area contributed by atoms with Gasteiger partial charge in [0.05, 0.1) is 11.1 Å². The van der Waals surface area contributed by atoms with Gasteiger partial charge >= 0.3 is 0 Å². The van der Waals surface area contributed by atoms with Crippen molar-refractivity contribution in [3.05, 3.63) is 59.3 Å². The molecule has 1 heterocycles. The summed E-state index contributed by atoms with van der Waals surface area (Å²) in [6.45, 7) is 0.375. The summed E-state index contributed by atoms with van der Waals surface area (Å²) in [6, 6.07) is 11.3. The van der Waals surface area contributed by atoms with E-state index in [-0.39, 0.29) is 0 Å². The number of nitrogens with two attached hydrogens (primary N) is 1. The van der Waals surface area contributed by atoms with Gasteiger partial charge < -0.3 is 15.2 Å².